The summed E-state index contributed by atoms with van der Waals surface area (Å²) in [7, 11) is 0. The highest BCUT2D eigenvalue weighted by Crippen LogP contribution is 2.27. The van der Waals surface area contributed by atoms with E-state index in [-0.39, 0.29) is 18.3 Å². The lowest BCUT2D eigenvalue weighted by Gasteiger charge is -2.40. The van der Waals surface area contributed by atoms with Crippen LogP contribution in [0.5, 0.6) is 0 Å². The van der Waals surface area contributed by atoms with Gasteiger partial charge in [-0.1, -0.05) is 6.07 Å². The topological polar surface area (TPSA) is 38.7 Å². The quantitative estimate of drug-likeness (QED) is 0.827. The predicted molar refractivity (Wildman–Crippen MR) is 63.8 cm³/mol. The Bertz CT molecular complexity index is 299. The van der Waals surface area contributed by atoms with Crippen LogP contribution in [0.1, 0.15) is 18.2 Å². The van der Waals surface area contributed by atoms with Crippen molar-refractivity contribution in [1.29, 1.82) is 0 Å². The van der Waals surface area contributed by atoms with Crippen molar-refractivity contribution in [3.8, 4) is 0 Å². The number of thiophene rings is 1. The number of hydrogen-bond donors (Lipinski definition) is 1. The maximum Gasteiger partial charge on any atom is 0.110 e. The summed E-state index contributed by atoms with van der Waals surface area (Å²) in [6.07, 6.45) is 1.27. The van der Waals surface area contributed by atoms with Crippen molar-refractivity contribution in [1.82, 2.24) is 0 Å². The van der Waals surface area contributed by atoms with E-state index in [1.807, 2.05) is 6.92 Å². The van der Waals surface area contributed by atoms with E-state index in [0.29, 0.717) is 19.6 Å². The van der Waals surface area contributed by atoms with Gasteiger partial charge in [-0.05, 0) is 18.4 Å². The Morgan fingerprint density at radius 1 is 1.50 bits per heavy atom. The fourth-order valence-corrected chi connectivity index (χ4v) is 2.59. The Hall–Kier alpha value is -0.420. The highest BCUT2D eigenvalue weighted by atomic mass is 32.1. The first-order valence-corrected chi connectivity index (χ1v) is 6.63. The Morgan fingerprint density at radius 2 is 2.38 bits per heavy atom. The minimum Gasteiger partial charge on any atom is -0.390 e. The van der Waals surface area contributed by atoms with Crippen LogP contribution in [0.3, 0.4) is 0 Å². The van der Waals surface area contributed by atoms with Crippen LogP contribution >= 0.6 is 11.3 Å². The lowest BCUT2D eigenvalue weighted by Crippen LogP contribution is -2.53. The average Bonchev–Trinajstić information content (AvgIpc) is 2.78. The van der Waals surface area contributed by atoms with Gasteiger partial charge in [0.05, 0.1) is 18.8 Å². The van der Waals surface area contributed by atoms with E-state index in [4.69, 9.17) is 9.47 Å². The van der Waals surface area contributed by atoms with Gasteiger partial charge in [-0.15, -0.1) is 11.3 Å². The van der Waals surface area contributed by atoms with Gasteiger partial charge < -0.3 is 14.6 Å². The third-order valence-electron chi connectivity index (χ3n) is 2.84. The number of rotatable bonds is 6. The number of ether oxygens (including phenoxy) is 2. The number of aliphatic hydroxyl groups is 1. The first-order chi connectivity index (χ1) is 7.81. The molecule has 1 fully saturated rings. The molecule has 0 bridgehead atoms. The molecule has 1 aliphatic carbocycles. The maximum absolute atomic E-state index is 9.49. The average molecular weight is 242 g/mol. The largest absolute Gasteiger partial charge is 0.390 e. The Kier molecular flexibility index (Phi) is 4.35. The molecule has 1 saturated carbocycles. The van der Waals surface area contributed by atoms with Crippen LogP contribution in [0, 0.1) is 0 Å². The third kappa shape index (κ3) is 2.83. The van der Waals surface area contributed by atoms with Gasteiger partial charge in [0.2, 0.25) is 0 Å². The zero-order chi connectivity index (χ0) is 11.4. The van der Waals surface area contributed by atoms with Gasteiger partial charge in [-0.2, -0.15) is 0 Å². The van der Waals surface area contributed by atoms with Gasteiger partial charge in [0.1, 0.15) is 6.10 Å². The molecule has 0 radical (unpaired) electrons. The predicted octanol–water partition coefficient (Wildman–Crippen LogP) is 1.85. The van der Waals surface area contributed by atoms with Gasteiger partial charge >= 0.3 is 0 Å². The molecule has 4 heteroatoms. The van der Waals surface area contributed by atoms with Crippen LogP contribution in [-0.2, 0) is 15.9 Å². The molecule has 3 nitrogen and oxygen atoms in total. The van der Waals surface area contributed by atoms with Gasteiger partial charge in [0.15, 0.2) is 0 Å². The van der Waals surface area contributed by atoms with Crippen LogP contribution in [0.25, 0.3) is 0 Å². The third-order valence-corrected chi connectivity index (χ3v) is 3.78. The van der Waals surface area contributed by atoms with Crippen LogP contribution in [0.4, 0.5) is 0 Å². The molecule has 90 valence electrons. The van der Waals surface area contributed by atoms with Crippen LogP contribution < -0.4 is 0 Å². The monoisotopic (exact) mass is 242 g/mol. The minimum absolute atomic E-state index is 0.0786. The van der Waals surface area contributed by atoms with E-state index in [1.165, 1.54) is 4.88 Å². The van der Waals surface area contributed by atoms with Gasteiger partial charge in [0.25, 0.3) is 0 Å². The van der Waals surface area contributed by atoms with Gasteiger partial charge in [-0.25, -0.2) is 0 Å². The molecule has 0 aliphatic heterocycles. The summed E-state index contributed by atoms with van der Waals surface area (Å²) in [4.78, 5) is 1.34. The van der Waals surface area contributed by atoms with Crippen molar-refractivity contribution in [3.63, 3.8) is 0 Å². The summed E-state index contributed by atoms with van der Waals surface area (Å²) >= 11 is 1.75. The fourth-order valence-electron chi connectivity index (χ4n) is 1.90. The summed E-state index contributed by atoms with van der Waals surface area (Å²) in [5.41, 5.74) is 0. The standard InChI is InChI=1S/C12H18O3S/c1-2-14-12-10(13)8-11(12)15-6-5-9-4-3-7-16-9/h3-4,7,10-13H,2,5-6,8H2,1H3. The second-order valence-corrected chi connectivity index (χ2v) is 4.99. The molecule has 3 atom stereocenters. The molecule has 0 saturated heterocycles. The maximum atomic E-state index is 9.49. The lowest BCUT2D eigenvalue weighted by molar-refractivity contribution is -0.189. The first-order valence-electron chi connectivity index (χ1n) is 5.75. The molecule has 2 rings (SSSR count). The Balaban J connectivity index is 1.66. The molecular weight excluding hydrogens is 224 g/mol. The van der Waals surface area contributed by atoms with Crippen LogP contribution in [-0.4, -0.2) is 36.6 Å². The summed E-state index contributed by atoms with van der Waals surface area (Å²) in [5, 5.41) is 11.6. The van der Waals surface area contributed by atoms with Crippen LogP contribution in [0.15, 0.2) is 17.5 Å². The van der Waals surface area contributed by atoms with Gasteiger partial charge in [0, 0.05) is 24.3 Å². The molecule has 0 aromatic carbocycles. The van der Waals surface area contributed by atoms with E-state index >= 15 is 0 Å². The molecule has 1 N–H and O–H groups in total. The Morgan fingerprint density at radius 3 is 3.00 bits per heavy atom. The zero-order valence-corrected chi connectivity index (χ0v) is 10.3. The van der Waals surface area contributed by atoms with E-state index in [9.17, 15) is 5.11 Å². The molecule has 0 amide bonds. The summed E-state index contributed by atoms with van der Waals surface area (Å²) in [6, 6.07) is 4.17. The summed E-state index contributed by atoms with van der Waals surface area (Å²) < 4.78 is 11.1. The highest BCUT2D eigenvalue weighted by molar-refractivity contribution is 7.09. The smallest absolute Gasteiger partial charge is 0.110 e. The molecule has 1 aromatic rings. The van der Waals surface area contributed by atoms with Gasteiger partial charge in [-0.3, -0.25) is 0 Å². The van der Waals surface area contributed by atoms with Crippen LogP contribution in [0.2, 0.25) is 0 Å². The van der Waals surface area contributed by atoms with Crippen molar-refractivity contribution < 1.29 is 14.6 Å². The number of hydrogen-bond acceptors (Lipinski definition) is 4. The molecule has 0 spiro atoms. The first kappa shape index (κ1) is 12.0. The molecule has 1 aromatic heterocycles. The normalized spacial score (nSPS) is 29.0. The van der Waals surface area contributed by atoms with E-state index in [2.05, 4.69) is 17.5 Å². The molecular formula is C12H18O3S. The van der Waals surface area contributed by atoms with Crippen molar-refractivity contribution in [2.75, 3.05) is 13.2 Å². The van der Waals surface area contributed by atoms with E-state index in [1.54, 1.807) is 11.3 Å². The van der Waals surface area contributed by atoms with Crippen molar-refractivity contribution in [3.05, 3.63) is 22.4 Å². The molecule has 3 unspecified atom stereocenters. The zero-order valence-electron chi connectivity index (χ0n) is 9.46. The number of aliphatic hydroxyl groups excluding tert-OH is 1. The minimum atomic E-state index is -0.341. The lowest BCUT2D eigenvalue weighted by atomic mass is 9.88. The molecule has 16 heavy (non-hydrogen) atoms. The van der Waals surface area contributed by atoms with E-state index < -0.39 is 0 Å². The highest BCUT2D eigenvalue weighted by Gasteiger charge is 2.41. The van der Waals surface area contributed by atoms with Crippen molar-refractivity contribution in [2.24, 2.45) is 0 Å². The molecule has 1 aliphatic rings. The van der Waals surface area contributed by atoms with E-state index in [0.717, 1.165) is 6.42 Å². The summed E-state index contributed by atoms with van der Waals surface area (Å²) in [6.45, 7) is 3.28. The second kappa shape index (κ2) is 5.77. The Labute approximate surface area is 100 Å². The SMILES string of the molecule is CCOC1C(O)CC1OCCc1cccs1. The van der Waals surface area contributed by atoms with Crippen molar-refractivity contribution in [2.45, 2.75) is 38.1 Å². The summed E-state index contributed by atoms with van der Waals surface area (Å²) in [5.74, 6) is 0. The fraction of sp³-hybridized carbons (Fsp3) is 0.667. The molecule has 1 heterocycles. The second-order valence-electron chi connectivity index (χ2n) is 3.96. The van der Waals surface area contributed by atoms with Crippen molar-refractivity contribution >= 4 is 11.3 Å².